The monoisotopic (exact) mass is 524 g/mol. The normalized spacial score (nSPS) is 19.2. The minimum absolute atomic E-state index is 0.115. The Hall–Kier alpha value is -3.25. The molecule has 2 aliphatic rings. The maximum Gasteiger partial charge on any atom is 0.319 e. The zero-order valence-corrected chi connectivity index (χ0v) is 21.7. The molecule has 37 heavy (non-hydrogen) atoms. The molecule has 3 aromatic rings. The molecule has 1 aliphatic heterocycles. The maximum atomic E-state index is 11.9. The molecule has 10 nitrogen and oxygen atoms in total. The maximum absolute atomic E-state index is 11.9. The molecular formula is C26H32N6O4S. The summed E-state index contributed by atoms with van der Waals surface area (Å²) in [5, 5.41) is 5.50. The van der Waals surface area contributed by atoms with Gasteiger partial charge in [0.05, 0.1) is 29.8 Å². The first kappa shape index (κ1) is 25.4. The molecule has 4 N–H and O–H groups in total. The van der Waals surface area contributed by atoms with Gasteiger partial charge in [0.1, 0.15) is 10.6 Å². The second kappa shape index (κ2) is 10.3. The van der Waals surface area contributed by atoms with Crippen LogP contribution in [-0.4, -0.2) is 62.4 Å². The van der Waals surface area contributed by atoms with Crippen LogP contribution < -0.4 is 15.5 Å². The number of hydrogen-bond acceptors (Lipinski definition) is 8. The van der Waals surface area contributed by atoms with E-state index in [0.29, 0.717) is 61.2 Å². The zero-order valence-electron chi connectivity index (χ0n) is 20.9. The molecule has 1 aromatic carbocycles. The van der Waals surface area contributed by atoms with Crippen molar-refractivity contribution in [1.29, 1.82) is 0 Å². The Balaban J connectivity index is 1.55. The highest BCUT2D eigenvalue weighted by atomic mass is 32.3. The Bertz CT molecular complexity index is 1250. The fraction of sp³-hybridized carbons (Fsp3) is 0.385. The summed E-state index contributed by atoms with van der Waals surface area (Å²) in [5.74, 6) is 1.23. The largest absolute Gasteiger partial charge is 0.377 e. The first-order chi connectivity index (χ1) is 17.8. The SMILES string of the molecule is CCNC(=O)Nc1ccc(-c2nc(N3CCOC[C@@H]3C)cc(C3(S(O)(O)c4ccncc4)CC3)n2)cc1. The standard InChI is InChI=1S/C26H32N6O4S/c1-3-28-25(33)29-20-6-4-19(5-7-20)24-30-22(16-23(31-24)32-14-15-36-17-18(32)2)26(10-11-26)37(34,35)21-8-12-27-13-9-21/h4-9,12-13,16,18,34-35H,3,10-11,14-15,17H2,1-2H3,(H2,28,29,33)/t18-/m0/s1. The van der Waals surface area contributed by atoms with Crippen molar-refractivity contribution in [2.24, 2.45) is 0 Å². The molecule has 0 unspecified atom stereocenters. The molecule has 1 atom stereocenters. The van der Waals surface area contributed by atoms with Crippen molar-refractivity contribution in [2.45, 2.75) is 42.4 Å². The number of rotatable bonds is 7. The third-order valence-electron chi connectivity index (χ3n) is 6.81. The number of carbonyl (C=O) groups is 1. The first-order valence-corrected chi connectivity index (χ1v) is 14.0. The Morgan fingerprint density at radius 1 is 1.16 bits per heavy atom. The van der Waals surface area contributed by atoms with Crippen molar-refractivity contribution in [3.05, 3.63) is 60.6 Å². The van der Waals surface area contributed by atoms with Gasteiger partial charge in [0, 0.05) is 42.8 Å². The second-order valence-electron chi connectivity index (χ2n) is 9.34. The van der Waals surface area contributed by atoms with Crippen LogP contribution in [0.25, 0.3) is 11.4 Å². The van der Waals surface area contributed by atoms with Gasteiger partial charge in [0.2, 0.25) is 0 Å². The number of amides is 2. The quantitative estimate of drug-likeness (QED) is 0.349. The lowest BCUT2D eigenvalue weighted by Gasteiger charge is -2.41. The van der Waals surface area contributed by atoms with E-state index in [1.807, 2.05) is 25.1 Å². The zero-order chi connectivity index (χ0) is 26.0. The molecule has 2 fully saturated rings. The smallest absolute Gasteiger partial charge is 0.319 e. The Labute approximate surface area is 217 Å². The summed E-state index contributed by atoms with van der Waals surface area (Å²) < 4.78 is 27.7. The third kappa shape index (κ3) is 4.99. The van der Waals surface area contributed by atoms with Crippen LogP contribution >= 0.6 is 10.6 Å². The molecule has 3 heterocycles. The van der Waals surface area contributed by atoms with E-state index < -0.39 is 15.3 Å². The van der Waals surface area contributed by atoms with Crippen molar-refractivity contribution in [3.63, 3.8) is 0 Å². The number of pyridine rings is 1. The van der Waals surface area contributed by atoms with Crippen LogP contribution in [0.5, 0.6) is 0 Å². The summed E-state index contributed by atoms with van der Waals surface area (Å²) in [4.78, 5) is 28.3. The highest BCUT2D eigenvalue weighted by molar-refractivity contribution is 8.25. The molecule has 0 radical (unpaired) electrons. The summed E-state index contributed by atoms with van der Waals surface area (Å²) in [7, 11) is -3.19. The Morgan fingerprint density at radius 2 is 1.89 bits per heavy atom. The van der Waals surface area contributed by atoms with Gasteiger partial charge in [-0.05, 0) is 63.1 Å². The lowest BCUT2D eigenvalue weighted by molar-refractivity contribution is 0.0985. The Morgan fingerprint density at radius 3 is 2.54 bits per heavy atom. The molecule has 196 valence electrons. The topological polar surface area (TPSA) is 133 Å². The van der Waals surface area contributed by atoms with Crippen LogP contribution in [0.2, 0.25) is 0 Å². The van der Waals surface area contributed by atoms with Crippen LogP contribution in [0.1, 0.15) is 32.4 Å². The molecule has 1 saturated carbocycles. The van der Waals surface area contributed by atoms with Gasteiger partial charge in [0.15, 0.2) is 5.82 Å². The molecular weight excluding hydrogens is 492 g/mol. The molecule has 1 saturated heterocycles. The molecule has 1 aliphatic carbocycles. The van der Waals surface area contributed by atoms with E-state index in [4.69, 9.17) is 14.7 Å². The number of anilines is 2. The molecule has 11 heteroatoms. The highest BCUT2D eigenvalue weighted by Gasteiger charge is 2.57. The molecule has 5 rings (SSSR count). The molecule has 0 spiro atoms. The van der Waals surface area contributed by atoms with Crippen LogP contribution in [0.15, 0.2) is 59.8 Å². The van der Waals surface area contributed by atoms with E-state index in [1.54, 1.807) is 36.7 Å². The number of nitrogens with one attached hydrogen (secondary N) is 2. The fourth-order valence-corrected chi connectivity index (χ4v) is 6.62. The molecule has 0 bridgehead atoms. The minimum Gasteiger partial charge on any atom is -0.377 e. The van der Waals surface area contributed by atoms with Crippen molar-refractivity contribution in [1.82, 2.24) is 20.3 Å². The lowest BCUT2D eigenvalue weighted by atomic mass is 10.1. The van der Waals surface area contributed by atoms with E-state index in [1.165, 1.54) is 0 Å². The number of morpholine rings is 1. The second-order valence-corrected chi connectivity index (χ2v) is 11.7. The number of carbonyl (C=O) groups excluding carboxylic acids is 1. The van der Waals surface area contributed by atoms with Gasteiger partial charge in [-0.2, -0.15) is 10.6 Å². The van der Waals surface area contributed by atoms with Crippen LogP contribution in [0.4, 0.5) is 16.3 Å². The predicted molar refractivity (Wildman–Crippen MR) is 144 cm³/mol. The predicted octanol–water partition coefficient (Wildman–Crippen LogP) is 4.70. The van der Waals surface area contributed by atoms with Gasteiger partial charge in [-0.15, -0.1) is 0 Å². The number of ether oxygens (including phenoxy) is 1. The van der Waals surface area contributed by atoms with Crippen molar-refractivity contribution in [3.8, 4) is 11.4 Å². The van der Waals surface area contributed by atoms with E-state index in [2.05, 4.69) is 27.4 Å². The lowest BCUT2D eigenvalue weighted by Crippen LogP contribution is -2.44. The van der Waals surface area contributed by atoms with Crippen molar-refractivity contribution >= 4 is 28.1 Å². The molecule has 2 aromatic heterocycles. The summed E-state index contributed by atoms with van der Waals surface area (Å²) in [5.41, 5.74) is 2.03. The van der Waals surface area contributed by atoms with Gasteiger partial charge in [-0.1, -0.05) is 0 Å². The third-order valence-corrected chi connectivity index (χ3v) is 9.44. The van der Waals surface area contributed by atoms with Crippen LogP contribution in [-0.2, 0) is 9.48 Å². The van der Waals surface area contributed by atoms with E-state index in [0.717, 1.165) is 11.4 Å². The van der Waals surface area contributed by atoms with Crippen molar-refractivity contribution < 1.29 is 18.6 Å². The Kier molecular flexibility index (Phi) is 7.04. The summed E-state index contributed by atoms with van der Waals surface area (Å²) in [6.45, 7) is 6.34. The van der Waals surface area contributed by atoms with Gasteiger partial charge in [-0.25, -0.2) is 14.8 Å². The first-order valence-electron chi connectivity index (χ1n) is 12.4. The van der Waals surface area contributed by atoms with Gasteiger partial charge in [0.25, 0.3) is 0 Å². The highest BCUT2D eigenvalue weighted by Crippen LogP contribution is 2.75. The number of aromatic nitrogens is 3. The van der Waals surface area contributed by atoms with Gasteiger partial charge < -0.3 is 20.3 Å². The number of nitrogens with zero attached hydrogens (tertiary/aromatic N) is 4. The summed E-state index contributed by atoms with van der Waals surface area (Å²) in [6.07, 6.45) is 4.37. The summed E-state index contributed by atoms with van der Waals surface area (Å²) >= 11 is 0. The average molecular weight is 525 g/mol. The van der Waals surface area contributed by atoms with Gasteiger partial charge >= 0.3 is 6.03 Å². The van der Waals surface area contributed by atoms with E-state index in [9.17, 15) is 13.9 Å². The van der Waals surface area contributed by atoms with E-state index in [-0.39, 0.29) is 12.1 Å². The fourth-order valence-electron chi connectivity index (χ4n) is 4.60. The number of hydrogen-bond donors (Lipinski definition) is 4. The van der Waals surface area contributed by atoms with E-state index >= 15 is 0 Å². The number of urea groups is 1. The minimum atomic E-state index is -3.19. The molecule has 2 amide bonds. The van der Waals surface area contributed by atoms with Crippen LogP contribution in [0, 0.1) is 0 Å². The van der Waals surface area contributed by atoms with Crippen LogP contribution in [0.3, 0.4) is 0 Å². The summed E-state index contributed by atoms with van der Waals surface area (Å²) in [6, 6.07) is 12.4. The average Bonchev–Trinajstić information content (AvgIpc) is 3.73. The van der Waals surface area contributed by atoms with Crippen molar-refractivity contribution in [2.75, 3.05) is 36.5 Å². The van der Waals surface area contributed by atoms with Gasteiger partial charge in [-0.3, -0.25) is 14.1 Å². The number of benzene rings is 1.